The molecule has 1 heterocycles. The number of aliphatic carboxylic acids is 1. The maximum absolute atomic E-state index is 10.7. The molecule has 0 saturated carbocycles. The van der Waals surface area contributed by atoms with Gasteiger partial charge in [0.1, 0.15) is 0 Å². The van der Waals surface area contributed by atoms with Gasteiger partial charge in [-0.25, -0.2) is 0 Å². The molecule has 1 aliphatic heterocycles. The number of piperidine rings is 1. The first-order valence-electron chi connectivity index (χ1n) is 6.19. The van der Waals surface area contributed by atoms with Crippen LogP contribution in [0.3, 0.4) is 0 Å². The van der Waals surface area contributed by atoms with Gasteiger partial charge in [-0.05, 0) is 37.3 Å². The van der Waals surface area contributed by atoms with Gasteiger partial charge in [-0.15, -0.1) is 0 Å². The van der Waals surface area contributed by atoms with Crippen molar-refractivity contribution in [3.05, 3.63) is 29.8 Å². The normalized spacial score (nSPS) is 17.1. The number of benzene rings is 1. The molecule has 0 aliphatic carbocycles. The summed E-state index contributed by atoms with van der Waals surface area (Å²) in [6, 6.07) is 8.38. The van der Waals surface area contributed by atoms with Crippen LogP contribution in [0.2, 0.25) is 0 Å². The highest BCUT2D eigenvalue weighted by Crippen LogP contribution is 2.27. The number of carboxylic acid groups (broad SMARTS) is 1. The quantitative estimate of drug-likeness (QED) is 0.872. The summed E-state index contributed by atoms with van der Waals surface area (Å²) in [6.07, 6.45) is 2.29. The monoisotopic (exact) mass is 233 g/mol. The maximum Gasteiger partial charge on any atom is 0.303 e. The molecule has 1 N–H and O–H groups in total. The minimum atomic E-state index is -0.667. The first-order valence-corrected chi connectivity index (χ1v) is 6.19. The van der Waals surface area contributed by atoms with E-state index >= 15 is 0 Å². The lowest BCUT2D eigenvalue weighted by molar-refractivity contribution is -0.138. The summed E-state index contributed by atoms with van der Waals surface area (Å²) in [5, 5.41) is 8.78. The molecule has 17 heavy (non-hydrogen) atoms. The number of rotatable bonds is 3. The fourth-order valence-electron chi connectivity index (χ4n) is 2.54. The van der Waals surface area contributed by atoms with Crippen molar-refractivity contribution in [2.24, 2.45) is 5.92 Å². The second-order valence-corrected chi connectivity index (χ2v) is 4.81. The van der Waals surface area contributed by atoms with Gasteiger partial charge in [-0.2, -0.15) is 0 Å². The predicted octanol–water partition coefficient (Wildman–Crippen LogP) is 2.69. The van der Waals surface area contributed by atoms with Crippen molar-refractivity contribution >= 4 is 11.7 Å². The van der Waals surface area contributed by atoms with Gasteiger partial charge >= 0.3 is 5.97 Å². The van der Waals surface area contributed by atoms with Gasteiger partial charge < -0.3 is 10.0 Å². The highest BCUT2D eigenvalue weighted by molar-refractivity contribution is 5.67. The lowest BCUT2D eigenvalue weighted by atomic mass is 9.93. The number of para-hydroxylation sites is 1. The van der Waals surface area contributed by atoms with Crippen LogP contribution in [0.4, 0.5) is 5.69 Å². The van der Waals surface area contributed by atoms with E-state index in [1.165, 1.54) is 11.3 Å². The fourth-order valence-corrected chi connectivity index (χ4v) is 2.54. The number of aryl methyl sites for hydroxylation is 1. The lowest BCUT2D eigenvalue weighted by Crippen LogP contribution is -2.34. The van der Waals surface area contributed by atoms with Gasteiger partial charge in [0.25, 0.3) is 0 Å². The highest BCUT2D eigenvalue weighted by atomic mass is 16.4. The SMILES string of the molecule is Cc1ccccc1N1CCC(CC(=O)O)CC1. The van der Waals surface area contributed by atoms with Crippen LogP contribution in [-0.4, -0.2) is 24.2 Å². The number of carboxylic acids is 1. The Hall–Kier alpha value is -1.51. The Morgan fingerprint density at radius 3 is 2.59 bits per heavy atom. The van der Waals surface area contributed by atoms with Gasteiger partial charge in [0.15, 0.2) is 0 Å². The number of anilines is 1. The Balaban J connectivity index is 1.95. The smallest absolute Gasteiger partial charge is 0.303 e. The van der Waals surface area contributed by atoms with Crippen LogP contribution < -0.4 is 4.90 Å². The largest absolute Gasteiger partial charge is 0.481 e. The van der Waals surface area contributed by atoms with Crippen molar-refractivity contribution in [2.75, 3.05) is 18.0 Å². The third-order valence-electron chi connectivity index (χ3n) is 3.53. The molecule has 1 aromatic rings. The zero-order valence-electron chi connectivity index (χ0n) is 10.2. The van der Waals surface area contributed by atoms with Crippen LogP contribution in [-0.2, 0) is 4.79 Å². The van der Waals surface area contributed by atoms with Crippen molar-refractivity contribution in [1.82, 2.24) is 0 Å². The molecule has 0 unspecified atom stereocenters. The molecule has 1 aliphatic rings. The van der Waals surface area contributed by atoms with E-state index in [1.807, 2.05) is 0 Å². The second-order valence-electron chi connectivity index (χ2n) is 4.81. The first-order chi connectivity index (χ1) is 8.16. The summed E-state index contributed by atoms with van der Waals surface area (Å²) >= 11 is 0. The molecule has 0 aromatic heterocycles. The predicted molar refractivity (Wildman–Crippen MR) is 68.4 cm³/mol. The summed E-state index contributed by atoms with van der Waals surface area (Å²) in [4.78, 5) is 13.0. The molecule has 0 spiro atoms. The van der Waals surface area contributed by atoms with Crippen molar-refractivity contribution in [1.29, 1.82) is 0 Å². The van der Waals surface area contributed by atoms with Crippen molar-refractivity contribution < 1.29 is 9.90 Å². The molecular formula is C14H19NO2. The Bertz CT molecular complexity index is 395. The van der Waals surface area contributed by atoms with Gasteiger partial charge in [0.2, 0.25) is 0 Å². The molecular weight excluding hydrogens is 214 g/mol. The Labute approximate surface area is 102 Å². The average molecular weight is 233 g/mol. The molecule has 2 rings (SSSR count). The van der Waals surface area contributed by atoms with E-state index in [1.54, 1.807) is 0 Å². The van der Waals surface area contributed by atoms with Gasteiger partial charge in [0.05, 0.1) is 0 Å². The summed E-state index contributed by atoms with van der Waals surface area (Å²) < 4.78 is 0. The Morgan fingerprint density at radius 1 is 1.35 bits per heavy atom. The molecule has 1 fully saturated rings. The molecule has 1 saturated heterocycles. The molecule has 92 valence electrons. The van der Waals surface area contributed by atoms with Crippen LogP contribution in [0.15, 0.2) is 24.3 Å². The third-order valence-corrected chi connectivity index (χ3v) is 3.53. The van der Waals surface area contributed by atoms with E-state index in [0.29, 0.717) is 12.3 Å². The van der Waals surface area contributed by atoms with Gasteiger partial charge in [-0.1, -0.05) is 18.2 Å². The van der Waals surface area contributed by atoms with Crippen molar-refractivity contribution in [3.63, 3.8) is 0 Å². The Kier molecular flexibility index (Phi) is 3.67. The van der Waals surface area contributed by atoms with Crippen LogP contribution in [0, 0.1) is 12.8 Å². The lowest BCUT2D eigenvalue weighted by Gasteiger charge is -2.34. The van der Waals surface area contributed by atoms with Crippen LogP contribution in [0.1, 0.15) is 24.8 Å². The third kappa shape index (κ3) is 2.99. The zero-order valence-corrected chi connectivity index (χ0v) is 10.2. The minimum Gasteiger partial charge on any atom is -0.481 e. The molecule has 0 amide bonds. The summed E-state index contributed by atoms with van der Waals surface area (Å²) in [5.41, 5.74) is 2.59. The molecule has 0 atom stereocenters. The summed E-state index contributed by atoms with van der Waals surface area (Å²) in [5.74, 6) is -0.313. The molecule has 0 radical (unpaired) electrons. The Morgan fingerprint density at radius 2 is 2.00 bits per heavy atom. The zero-order chi connectivity index (χ0) is 12.3. The molecule has 3 nitrogen and oxygen atoms in total. The average Bonchev–Trinajstić information content (AvgIpc) is 2.30. The van der Waals surface area contributed by atoms with Crippen molar-refractivity contribution in [3.8, 4) is 0 Å². The molecule has 1 aromatic carbocycles. The number of hydrogen-bond donors (Lipinski definition) is 1. The van der Waals surface area contributed by atoms with E-state index < -0.39 is 5.97 Å². The van der Waals surface area contributed by atoms with Crippen molar-refractivity contribution in [2.45, 2.75) is 26.2 Å². The number of carbonyl (C=O) groups is 1. The standard InChI is InChI=1S/C14H19NO2/c1-11-4-2-3-5-13(11)15-8-6-12(7-9-15)10-14(16)17/h2-5,12H,6-10H2,1H3,(H,16,17). The van der Waals surface area contributed by atoms with E-state index in [-0.39, 0.29) is 0 Å². The number of nitrogens with zero attached hydrogens (tertiary/aromatic N) is 1. The fraction of sp³-hybridized carbons (Fsp3) is 0.500. The van der Waals surface area contributed by atoms with Gasteiger partial charge in [-0.3, -0.25) is 4.79 Å². The second kappa shape index (κ2) is 5.21. The minimum absolute atomic E-state index is 0.321. The summed E-state index contributed by atoms with van der Waals surface area (Å²) in [7, 11) is 0. The van der Waals surface area contributed by atoms with E-state index in [4.69, 9.17) is 5.11 Å². The van der Waals surface area contributed by atoms with Crippen LogP contribution >= 0.6 is 0 Å². The highest BCUT2D eigenvalue weighted by Gasteiger charge is 2.21. The van der Waals surface area contributed by atoms with E-state index in [9.17, 15) is 4.79 Å². The molecule has 3 heteroatoms. The first kappa shape index (κ1) is 12.0. The maximum atomic E-state index is 10.7. The van der Waals surface area contributed by atoms with E-state index in [0.717, 1.165) is 25.9 Å². The van der Waals surface area contributed by atoms with Crippen LogP contribution in [0.5, 0.6) is 0 Å². The van der Waals surface area contributed by atoms with E-state index in [2.05, 4.69) is 36.1 Å². The van der Waals surface area contributed by atoms with Crippen LogP contribution in [0.25, 0.3) is 0 Å². The topological polar surface area (TPSA) is 40.5 Å². The number of hydrogen-bond acceptors (Lipinski definition) is 2. The summed E-state index contributed by atoms with van der Waals surface area (Å²) in [6.45, 7) is 4.07. The molecule has 0 bridgehead atoms. The van der Waals surface area contributed by atoms with Gasteiger partial charge in [0, 0.05) is 25.2 Å².